The SMILES string of the molecule is CCCOc1ccc(-c2ccc(OCCN3CCOCC3)c(/C=C3\SC(=S)N(CCc4ccc(C(=O)O)cc4)C3=O)c2)cc1Cl. The second kappa shape index (κ2) is 15.7. The number of rotatable bonds is 13. The number of hydrogen-bond acceptors (Lipinski definition) is 8. The first-order chi connectivity index (χ1) is 21.8. The highest BCUT2D eigenvalue weighted by Gasteiger charge is 2.32. The summed E-state index contributed by atoms with van der Waals surface area (Å²) in [6, 6.07) is 18.3. The molecule has 1 amide bonds. The third-order valence-electron chi connectivity index (χ3n) is 7.49. The predicted molar refractivity (Wildman–Crippen MR) is 182 cm³/mol. The number of hydrogen-bond donors (Lipinski definition) is 1. The molecule has 0 unspecified atom stereocenters. The zero-order valence-corrected chi connectivity index (χ0v) is 27.4. The van der Waals surface area contributed by atoms with Crippen LogP contribution in [0.4, 0.5) is 0 Å². The summed E-state index contributed by atoms with van der Waals surface area (Å²) in [6.07, 6.45) is 3.28. The quantitative estimate of drug-likeness (QED) is 0.159. The summed E-state index contributed by atoms with van der Waals surface area (Å²) in [6.45, 7) is 7.49. The molecule has 2 fully saturated rings. The number of amides is 1. The van der Waals surface area contributed by atoms with Crippen LogP contribution >= 0.6 is 35.6 Å². The average molecular weight is 667 g/mol. The first-order valence-electron chi connectivity index (χ1n) is 14.9. The second-order valence-corrected chi connectivity index (χ2v) is 12.7. The van der Waals surface area contributed by atoms with Crippen molar-refractivity contribution < 1.29 is 28.9 Å². The van der Waals surface area contributed by atoms with Crippen LogP contribution in [0.3, 0.4) is 0 Å². The average Bonchev–Trinajstić information content (AvgIpc) is 3.31. The molecule has 0 radical (unpaired) electrons. The number of ether oxygens (including phenoxy) is 3. The van der Waals surface area contributed by atoms with Crippen LogP contribution in [0.2, 0.25) is 5.02 Å². The third kappa shape index (κ3) is 8.65. The van der Waals surface area contributed by atoms with Crippen molar-refractivity contribution in [2.75, 3.05) is 52.6 Å². The first kappa shape index (κ1) is 33.0. The van der Waals surface area contributed by atoms with Crippen molar-refractivity contribution >= 4 is 57.9 Å². The van der Waals surface area contributed by atoms with Crippen molar-refractivity contribution in [1.29, 1.82) is 0 Å². The van der Waals surface area contributed by atoms with Crippen LogP contribution in [0.1, 0.15) is 34.8 Å². The molecule has 236 valence electrons. The Labute approximate surface area is 277 Å². The van der Waals surface area contributed by atoms with E-state index >= 15 is 0 Å². The van der Waals surface area contributed by atoms with Gasteiger partial charge < -0.3 is 19.3 Å². The van der Waals surface area contributed by atoms with Gasteiger partial charge in [0.15, 0.2) is 0 Å². The maximum Gasteiger partial charge on any atom is 0.335 e. The molecule has 2 saturated heterocycles. The Bertz CT molecular complexity index is 1570. The van der Waals surface area contributed by atoms with Crippen LogP contribution in [0.25, 0.3) is 17.2 Å². The molecule has 0 aliphatic carbocycles. The minimum Gasteiger partial charge on any atom is -0.492 e. The third-order valence-corrected chi connectivity index (χ3v) is 9.16. The standard InChI is InChI=1S/C34H35ClN2O6S2/c1-2-16-42-30-10-8-26(21-28(30)35)25-7-9-29(43-19-15-36-13-17-41-18-14-36)27(20-25)22-31-32(38)37(34(44)45-31)12-11-23-3-5-24(6-4-23)33(39)40/h3-10,20-22H,2,11-19H2,1H3,(H,39,40)/b31-22-. The van der Waals surface area contributed by atoms with E-state index in [4.69, 9.17) is 43.1 Å². The fraction of sp³-hybridized carbons (Fsp3) is 0.324. The van der Waals surface area contributed by atoms with Gasteiger partial charge in [-0.15, -0.1) is 0 Å². The molecular formula is C34H35ClN2O6S2. The van der Waals surface area contributed by atoms with Gasteiger partial charge in [-0.25, -0.2) is 4.79 Å². The van der Waals surface area contributed by atoms with Gasteiger partial charge in [-0.2, -0.15) is 0 Å². The lowest BCUT2D eigenvalue weighted by Crippen LogP contribution is -2.38. The zero-order chi connectivity index (χ0) is 31.8. The smallest absolute Gasteiger partial charge is 0.335 e. The largest absolute Gasteiger partial charge is 0.492 e. The van der Waals surface area contributed by atoms with Gasteiger partial charge in [-0.3, -0.25) is 14.6 Å². The van der Waals surface area contributed by atoms with E-state index in [9.17, 15) is 9.59 Å². The number of benzene rings is 3. The molecule has 8 nitrogen and oxygen atoms in total. The van der Waals surface area contributed by atoms with Crippen LogP contribution in [0.15, 0.2) is 65.6 Å². The number of aromatic carboxylic acids is 1. The highest BCUT2D eigenvalue weighted by Crippen LogP contribution is 2.37. The number of carbonyl (C=O) groups is 2. The Morgan fingerprint density at radius 2 is 1.69 bits per heavy atom. The molecule has 0 aromatic heterocycles. The first-order valence-corrected chi connectivity index (χ1v) is 16.5. The van der Waals surface area contributed by atoms with E-state index in [0.29, 0.717) is 51.9 Å². The number of thiocarbonyl (C=S) groups is 1. The summed E-state index contributed by atoms with van der Waals surface area (Å²) >= 11 is 13.4. The minimum absolute atomic E-state index is 0.169. The maximum atomic E-state index is 13.5. The van der Waals surface area contributed by atoms with Gasteiger partial charge in [-0.05, 0) is 72.0 Å². The molecule has 0 atom stereocenters. The van der Waals surface area contributed by atoms with Crippen LogP contribution in [-0.4, -0.2) is 83.7 Å². The van der Waals surface area contributed by atoms with E-state index in [0.717, 1.165) is 61.5 Å². The minimum atomic E-state index is -0.974. The van der Waals surface area contributed by atoms with Crippen LogP contribution in [-0.2, 0) is 16.0 Å². The molecule has 11 heteroatoms. The van der Waals surface area contributed by atoms with Crippen molar-refractivity contribution in [2.45, 2.75) is 19.8 Å². The van der Waals surface area contributed by atoms with Gasteiger partial charge >= 0.3 is 5.97 Å². The lowest BCUT2D eigenvalue weighted by Gasteiger charge is -2.26. The van der Waals surface area contributed by atoms with Gasteiger partial charge in [0.05, 0.1) is 35.3 Å². The van der Waals surface area contributed by atoms with E-state index in [-0.39, 0.29) is 11.5 Å². The van der Waals surface area contributed by atoms with Crippen molar-refractivity contribution in [1.82, 2.24) is 9.80 Å². The van der Waals surface area contributed by atoms with Crippen LogP contribution in [0.5, 0.6) is 11.5 Å². The fourth-order valence-corrected chi connectivity index (χ4v) is 6.51. The predicted octanol–water partition coefficient (Wildman–Crippen LogP) is 6.65. The number of thioether (sulfide) groups is 1. The molecule has 1 N–H and O–H groups in total. The molecule has 0 bridgehead atoms. The van der Waals surface area contributed by atoms with Gasteiger partial charge in [0, 0.05) is 31.7 Å². The molecule has 0 saturated carbocycles. The molecule has 0 spiro atoms. The number of carboxylic acids is 1. The molecule has 2 heterocycles. The molecule has 3 aromatic rings. The molecule has 45 heavy (non-hydrogen) atoms. The summed E-state index contributed by atoms with van der Waals surface area (Å²) < 4.78 is 17.9. The molecular weight excluding hydrogens is 632 g/mol. The van der Waals surface area contributed by atoms with E-state index in [1.54, 1.807) is 29.2 Å². The number of morpholine rings is 1. The van der Waals surface area contributed by atoms with Crippen molar-refractivity contribution in [2.24, 2.45) is 0 Å². The lowest BCUT2D eigenvalue weighted by atomic mass is 10.0. The van der Waals surface area contributed by atoms with Gasteiger partial charge in [0.2, 0.25) is 0 Å². The Balaban J connectivity index is 1.36. The summed E-state index contributed by atoms with van der Waals surface area (Å²) in [5.41, 5.74) is 3.75. The Kier molecular flexibility index (Phi) is 11.5. The van der Waals surface area contributed by atoms with E-state index in [1.165, 1.54) is 11.8 Å². The molecule has 2 aliphatic rings. The number of carboxylic acid groups (broad SMARTS) is 1. The van der Waals surface area contributed by atoms with Gasteiger partial charge in [0.1, 0.15) is 22.4 Å². The van der Waals surface area contributed by atoms with Gasteiger partial charge in [-0.1, -0.05) is 66.8 Å². The van der Waals surface area contributed by atoms with E-state index in [1.807, 2.05) is 49.4 Å². The Morgan fingerprint density at radius 3 is 2.38 bits per heavy atom. The maximum absolute atomic E-state index is 13.5. The highest BCUT2D eigenvalue weighted by atomic mass is 35.5. The fourth-order valence-electron chi connectivity index (χ4n) is 4.98. The van der Waals surface area contributed by atoms with Crippen LogP contribution in [0, 0.1) is 0 Å². The van der Waals surface area contributed by atoms with Crippen molar-refractivity contribution in [3.05, 3.63) is 87.3 Å². The lowest BCUT2D eigenvalue weighted by molar-refractivity contribution is -0.122. The summed E-state index contributed by atoms with van der Waals surface area (Å²) in [4.78, 5) is 29.1. The van der Waals surface area contributed by atoms with Gasteiger partial charge in [0.25, 0.3) is 5.91 Å². The monoisotopic (exact) mass is 666 g/mol. The van der Waals surface area contributed by atoms with E-state index < -0.39 is 5.97 Å². The molecule has 3 aromatic carbocycles. The number of nitrogens with zero attached hydrogens (tertiary/aromatic N) is 2. The summed E-state index contributed by atoms with van der Waals surface area (Å²) in [5.74, 6) is 0.174. The number of carbonyl (C=O) groups excluding carboxylic acids is 1. The van der Waals surface area contributed by atoms with Crippen molar-refractivity contribution in [3.8, 4) is 22.6 Å². The number of halogens is 1. The Hall–Kier alpha value is -3.41. The van der Waals surface area contributed by atoms with Crippen LogP contribution < -0.4 is 9.47 Å². The highest BCUT2D eigenvalue weighted by molar-refractivity contribution is 8.26. The summed E-state index contributed by atoms with van der Waals surface area (Å²) in [7, 11) is 0. The summed E-state index contributed by atoms with van der Waals surface area (Å²) in [5, 5.41) is 9.69. The topological polar surface area (TPSA) is 88.5 Å². The zero-order valence-electron chi connectivity index (χ0n) is 25.0. The Morgan fingerprint density at radius 1 is 1.00 bits per heavy atom. The second-order valence-electron chi connectivity index (χ2n) is 10.6. The molecule has 2 aliphatic heterocycles. The normalized spacial score (nSPS) is 16.4. The molecule has 5 rings (SSSR count). The van der Waals surface area contributed by atoms with E-state index in [2.05, 4.69) is 4.90 Å². The van der Waals surface area contributed by atoms with Crippen molar-refractivity contribution in [3.63, 3.8) is 0 Å².